The number of nitrogens with one attached hydrogen (secondary N) is 1. The van der Waals surface area contributed by atoms with Crippen LogP contribution in [0.3, 0.4) is 0 Å². The number of benzene rings is 1. The summed E-state index contributed by atoms with van der Waals surface area (Å²) in [6.07, 6.45) is 5.03. The van der Waals surface area contributed by atoms with Crippen LogP contribution >= 0.6 is 0 Å². The van der Waals surface area contributed by atoms with Crippen LogP contribution in [0, 0.1) is 24.1 Å². The van der Waals surface area contributed by atoms with Gasteiger partial charge in [0.1, 0.15) is 5.82 Å². The average Bonchev–Trinajstić information content (AvgIpc) is 2.32. The Bertz CT molecular complexity index is 425. The Morgan fingerprint density at radius 1 is 1.11 bits per heavy atom. The monoisotopic (exact) mass is 263 g/mol. The van der Waals surface area contributed by atoms with Gasteiger partial charge < -0.3 is 5.32 Å². The minimum absolute atomic E-state index is 0.153. The van der Waals surface area contributed by atoms with Crippen LogP contribution in [0.15, 0.2) is 18.2 Å². The van der Waals surface area contributed by atoms with Crippen LogP contribution < -0.4 is 5.32 Å². The van der Waals surface area contributed by atoms with E-state index in [0.717, 1.165) is 17.2 Å². The zero-order chi connectivity index (χ0) is 14.0. The quantitative estimate of drug-likeness (QED) is 0.778. The lowest BCUT2D eigenvalue weighted by Crippen LogP contribution is -2.31. The largest absolute Gasteiger partial charge is 0.382 e. The van der Waals surface area contributed by atoms with E-state index in [0.29, 0.717) is 11.5 Å². The van der Waals surface area contributed by atoms with Gasteiger partial charge in [0.25, 0.3) is 0 Å². The highest BCUT2D eigenvalue weighted by Crippen LogP contribution is 2.38. The van der Waals surface area contributed by atoms with Crippen LogP contribution in [0.4, 0.5) is 10.1 Å². The molecule has 0 radical (unpaired) electrons. The van der Waals surface area contributed by atoms with Crippen LogP contribution in [-0.4, -0.2) is 6.04 Å². The average molecular weight is 263 g/mol. The third-order valence-electron chi connectivity index (χ3n) is 4.50. The van der Waals surface area contributed by atoms with Crippen molar-refractivity contribution in [2.24, 2.45) is 11.3 Å². The molecule has 1 N–H and O–H groups in total. The standard InChI is InChI=1S/C17H26FN/c1-12-11-14(18)7-10-16(12)19-15-8-5-13(6-9-15)17(2,3)4/h7,10-11,13,15,19H,5-6,8-9H2,1-4H3. The highest BCUT2D eigenvalue weighted by molar-refractivity contribution is 5.51. The number of rotatable bonds is 2. The fraction of sp³-hybridized carbons (Fsp3) is 0.647. The molecule has 0 amide bonds. The molecule has 1 fully saturated rings. The number of anilines is 1. The van der Waals surface area contributed by atoms with Gasteiger partial charge in [-0.1, -0.05) is 20.8 Å². The summed E-state index contributed by atoms with van der Waals surface area (Å²) in [6, 6.07) is 5.54. The molecule has 0 heterocycles. The zero-order valence-electron chi connectivity index (χ0n) is 12.6. The summed E-state index contributed by atoms with van der Waals surface area (Å²) >= 11 is 0. The maximum Gasteiger partial charge on any atom is 0.123 e. The summed E-state index contributed by atoms with van der Waals surface area (Å²) in [7, 11) is 0. The molecule has 0 bridgehead atoms. The molecular formula is C17H26FN. The minimum Gasteiger partial charge on any atom is -0.382 e. The van der Waals surface area contributed by atoms with Crippen molar-refractivity contribution >= 4 is 5.69 Å². The Kier molecular flexibility index (Phi) is 4.17. The third kappa shape index (κ3) is 3.71. The van der Waals surface area contributed by atoms with Crippen molar-refractivity contribution in [1.82, 2.24) is 0 Å². The van der Waals surface area contributed by atoms with E-state index >= 15 is 0 Å². The van der Waals surface area contributed by atoms with Crippen molar-refractivity contribution in [3.63, 3.8) is 0 Å². The van der Waals surface area contributed by atoms with E-state index in [1.165, 1.54) is 31.7 Å². The SMILES string of the molecule is Cc1cc(F)ccc1NC1CCC(C(C)(C)C)CC1. The van der Waals surface area contributed by atoms with Gasteiger partial charge in [-0.05, 0) is 67.7 Å². The number of hydrogen-bond donors (Lipinski definition) is 1. The van der Waals surface area contributed by atoms with Gasteiger partial charge in [-0.3, -0.25) is 0 Å². The second-order valence-corrected chi connectivity index (χ2v) is 7.02. The summed E-state index contributed by atoms with van der Waals surface area (Å²) in [6.45, 7) is 8.99. The maximum absolute atomic E-state index is 13.1. The molecule has 0 unspecified atom stereocenters. The normalized spacial score (nSPS) is 24.3. The Balaban J connectivity index is 1.92. The van der Waals surface area contributed by atoms with Crippen molar-refractivity contribution < 1.29 is 4.39 Å². The smallest absolute Gasteiger partial charge is 0.123 e. The van der Waals surface area contributed by atoms with Crippen molar-refractivity contribution in [1.29, 1.82) is 0 Å². The lowest BCUT2D eigenvalue weighted by Gasteiger charge is -2.37. The molecule has 1 aliphatic rings. The van der Waals surface area contributed by atoms with Crippen LogP contribution in [0.25, 0.3) is 0 Å². The van der Waals surface area contributed by atoms with Gasteiger partial charge in [0, 0.05) is 11.7 Å². The van der Waals surface area contributed by atoms with Gasteiger partial charge in [0.2, 0.25) is 0 Å². The Morgan fingerprint density at radius 3 is 2.26 bits per heavy atom. The molecule has 1 aromatic carbocycles. The van der Waals surface area contributed by atoms with Crippen LogP contribution in [0.2, 0.25) is 0 Å². The predicted octanol–water partition coefficient (Wildman–Crippen LogP) is 5.15. The molecule has 2 rings (SSSR count). The molecule has 1 saturated carbocycles. The van der Waals surface area contributed by atoms with Gasteiger partial charge in [0.15, 0.2) is 0 Å². The van der Waals surface area contributed by atoms with Crippen LogP contribution in [-0.2, 0) is 0 Å². The fourth-order valence-corrected chi connectivity index (χ4v) is 3.11. The van der Waals surface area contributed by atoms with Crippen molar-refractivity contribution in [2.75, 3.05) is 5.32 Å². The first kappa shape index (κ1) is 14.4. The van der Waals surface area contributed by atoms with Gasteiger partial charge in [-0.25, -0.2) is 4.39 Å². The number of halogens is 1. The molecule has 0 aliphatic heterocycles. The summed E-state index contributed by atoms with van der Waals surface area (Å²) < 4.78 is 13.1. The molecule has 0 spiro atoms. The Morgan fingerprint density at radius 2 is 1.74 bits per heavy atom. The predicted molar refractivity (Wildman–Crippen MR) is 80.0 cm³/mol. The number of hydrogen-bond acceptors (Lipinski definition) is 1. The first-order valence-electron chi connectivity index (χ1n) is 7.39. The van der Waals surface area contributed by atoms with Gasteiger partial charge >= 0.3 is 0 Å². The summed E-state index contributed by atoms with van der Waals surface area (Å²) in [5, 5.41) is 3.58. The Hall–Kier alpha value is -1.05. The maximum atomic E-state index is 13.1. The van der Waals surface area contributed by atoms with E-state index in [9.17, 15) is 4.39 Å². The number of aryl methyl sites for hydroxylation is 1. The molecule has 0 aromatic heterocycles. The van der Waals surface area contributed by atoms with E-state index in [1.54, 1.807) is 6.07 Å². The summed E-state index contributed by atoms with van der Waals surface area (Å²) in [5.74, 6) is 0.680. The van der Waals surface area contributed by atoms with Crippen LogP contribution in [0.1, 0.15) is 52.0 Å². The van der Waals surface area contributed by atoms with Crippen LogP contribution in [0.5, 0.6) is 0 Å². The zero-order valence-corrected chi connectivity index (χ0v) is 12.6. The van der Waals surface area contributed by atoms with E-state index in [-0.39, 0.29) is 5.82 Å². The van der Waals surface area contributed by atoms with Gasteiger partial charge in [-0.15, -0.1) is 0 Å². The lowest BCUT2D eigenvalue weighted by molar-refractivity contribution is 0.173. The molecule has 2 heteroatoms. The van der Waals surface area contributed by atoms with Crippen molar-refractivity contribution in [3.05, 3.63) is 29.6 Å². The molecule has 19 heavy (non-hydrogen) atoms. The van der Waals surface area contributed by atoms with Gasteiger partial charge in [-0.2, -0.15) is 0 Å². The third-order valence-corrected chi connectivity index (χ3v) is 4.50. The highest BCUT2D eigenvalue weighted by atomic mass is 19.1. The molecular weight excluding hydrogens is 237 g/mol. The molecule has 0 saturated heterocycles. The fourth-order valence-electron chi connectivity index (χ4n) is 3.11. The van der Waals surface area contributed by atoms with E-state index < -0.39 is 0 Å². The molecule has 1 aromatic rings. The highest BCUT2D eigenvalue weighted by Gasteiger charge is 2.29. The first-order valence-corrected chi connectivity index (χ1v) is 7.39. The topological polar surface area (TPSA) is 12.0 Å². The summed E-state index contributed by atoms with van der Waals surface area (Å²) in [5.41, 5.74) is 2.51. The van der Waals surface area contributed by atoms with E-state index in [4.69, 9.17) is 0 Å². The van der Waals surface area contributed by atoms with E-state index in [1.807, 2.05) is 13.0 Å². The van der Waals surface area contributed by atoms with Crippen molar-refractivity contribution in [3.8, 4) is 0 Å². The second kappa shape index (κ2) is 5.52. The minimum atomic E-state index is -0.153. The molecule has 1 aliphatic carbocycles. The molecule has 0 atom stereocenters. The first-order chi connectivity index (χ1) is 8.86. The second-order valence-electron chi connectivity index (χ2n) is 7.02. The van der Waals surface area contributed by atoms with Crippen molar-refractivity contribution in [2.45, 2.75) is 59.4 Å². The molecule has 1 nitrogen and oxygen atoms in total. The van der Waals surface area contributed by atoms with E-state index in [2.05, 4.69) is 26.1 Å². The summed E-state index contributed by atoms with van der Waals surface area (Å²) in [4.78, 5) is 0. The lowest BCUT2D eigenvalue weighted by atomic mass is 9.71. The van der Waals surface area contributed by atoms with Gasteiger partial charge in [0.05, 0.1) is 0 Å². The Labute approximate surface area is 116 Å². The molecule has 106 valence electrons.